The minimum absolute atomic E-state index is 0.512. The maximum atomic E-state index is 8.89. The van der Waals surface area contributed by atoms with Crippen LogP contribution in [-0.4, -0.2) is 12.1 Å². The lowest BCUT2D eigenvalue weighted by Gasteiger charge is -2.09. The second kappa shape index (κ2) is 5.04. The van der Waals surface area contributed by atoms with Crippen LogP contribution < -0.4 is 10.1 Å². The molecule has 0 unspecified atom stereocenters. The molecule has 0 saturated heterocycles. The molecule has 2 aromatic rings. The van der Waals surface area contributed by atoms with Crippen LogP contribution in [0.1, 0.15) is 4.88 Å². The zero-order chi connectivity index (χ0) is 12.3. The average Bonchev–Trinajstić information content (AvgIpc) is 2.77. The van der Waals surface area contributed by atoms with Crippen molar-refractivity contribution in [1.29, 1.82) is 5.26 Å². The number of halogens is 1. The number of aromatic nitrogens is 1. The molecule has 0 saturated carbocycles. The van der Waals surface area contributed by atoms with Gasteiger partial charge in [-0.15, -0.1) is 11.3 Å². The molecular formula is C11H8ClN3OS. The van der Waals surface area contributed by atoms with Crippen LogP contribution in [0, 0.1) is 11.3 Å². The van der Waals surface area contributed by atoms with E-state index in [-0.39, 0.29) is 0 Å². The molecule has 1 aromatic carbocycles. The molecule has 0 bridgehead atoms. The molecule has 6 heteroatoms. The normalized spacial score (nSPS) is 9.71. The van der Waals surface area contributed by atoms with Crippen molar-refractivity contribution in [2.24, 2.45) is 0 Å². The van der Waals surface area contributed by atoms with Gasteiger partial charge in [0.15, 0.2) is 5.82 Å². The number of hydrogen-bond donors (Lipinski definition) is 1. The highest BCUT2D eigenvalue weighted by Gasteiger charge is 2.09. The Bertz CT molecular complexity index is 576. The first-order valence-corrected chi connectivity index (χ1v) is 5.94. The minimum atomic E-state index is 0.512. The quantitative estimate of drug-likeness (QED) is 0.924. The van der Waals surface area contributed by atoms with Gasteiger partial charge in [-0.2, -0.15) is 5.26 Å². The molecule has 0 aliphatic carbocycles. The van der Waals surface area contributed by atoms with Gasteiger partial charge in [0.2, 0.25) is 0 Å². The molecule has 86 valence electrons. The van der Waals surface area contributed by atoms with Gasteiger partial charge in [-0.3, -0.25) is 0 Å². The Balaban J connectivity index is 2.36. The first-order chi connectivity index (χ1) is 8.24. The fourth-order valence-electron chi connectivity index (χ4n) is 1.32. The topological polar surface area (TPSA) is 57.9 Å². The van der Waals surface area contributed by atoms with Gasteiger partial charge in [0.25, 0.3) is 0 Å². The van der Waals surface area contributed by atoms with Gasteiger partial charge in [0.05, 0.1) is 18.3 Å². The predicted octanol–water partition coefficient (Wildman–Crippen LogP) is 3.42. The van der Waals surface area contributed by atoms with Gasteiger partial charge < -0.3 is 10.1 Å². The lowest BCUT2D eigenvalue weighted by Crippen LogP contribution is -1.96. The average molecular weight is 266 g/mol. The van der Waals surface area contributed by atoms with Crippen LogP contribution in [0.5, 0.6) is 5.75 Å². The van der Waals surface area contributed by atoms with Gasteiger partial charge in [-0.1, -0.05) is 11.6 Å². The van der Waals surface area contributed by atoms with Crippen molar-refractivity contribution in [2.45, 2.75) is 0 Å². The number of ether oxygens (including phenoxy) is 1. The van der Waals surface area contributed by atoms with E-state index in [1.807, 2.05) is 0 Å². The standard InChI is InChI=1S/C11H8ClN3OS/c1-16-9-3-2-7(12)4-8(9)15-11-10(5-13)17-6-14-11/h2-4,6,15H,1H3. The van der Waals surface area contributed by atoms with Gasteiger partial charge in [0, 0.05) is 5.02 Å². The molecule has 0 fully saturated rings. The molecule has 0 amide bonds. The van der Waals surface area contributed by atoms with Crippen LogP contribution in [0.4, 0.5) is 11.5 Å². The van der Waals surface area contributed by atoms with E-state index in [0.717, 1.165) is 0 Å². The molecule has 0 spiro atoms. The van der Waals surface area contributed by atoms with Crippen LogP contribution >= 0.6 is 22.9 Å². The zero-order valence-corrected chi connectivity index (χ0v) is 10.5. The van der Waals surface area contributed by atoms with Crippen molar-refractivity contribution in [2.75, 3.05) is 12.4 Å². The SMILES string of the molecule is COc1ccc(Cl)cc1Nc1ncsc1C#N. The maximum absolute atomic E-state index is 8.89. The van der Waals surface area contributed by atoms with Crippen molar-refractivity contribution < 1.29 is 4.74 Å². The highest BCUT2D eigenvalue weighted by Crippen LogP contribution is 2.31. The number of hydrogen-bond acceptors (Lipinski definition) is 5. The summed E-state index contributed by atoms with van der Waals surface area (Å²) in [6.07, 6.45) is 0. The Hall–Kier alpha value is -1.77. The summed E-state index contributed by atoms with van der Waals surface area (Å²) in [4.78, 5) is 4.59. The second-order valence-electron chi connectivity index (χ2n) is 3.11. The second-order valence-corrected chi connectivity index (χ2v) is 4.40. The summed E-state index contributed by atoms with van der Waals surface area (Å²) >= 11 is 7.19. The molecule has 0 aliphatic rings. The Kier molecular flexibility index (Phi) is 3.47. The number of anilines is 2. The number of thiazole rings is 1. The summed E-state index contributed by atoms with van der Waals surface area (Å²) in [5.41, 5.74) is 2.29. The van der Waals surface area contributed by atoms with E-state index in [0.29, 0.717) is 27.2 Å². The predicted molar refractivity (Wildman–Crippen MR) is 68.1 cm³/mol. The Morgan fingerprint density at radius 2 is 2.35 bits per heavy atom. The van der Waals surface area contributed by atoms with Crippen molar-refractivity contribution >= 4 is 34.4 Å². The molecule has 1 aromatic heterocycles. The molecular weight excluding hydrogens is 258 g/mol. The van der Waals surface area contributed by atoms with Crippen LogP contribution in [-0.2, 0) is 0 Å². The summed E-state index contributed by atoms with van der Waals surface area (Å²) < 4.78 is 5.19. The van der Waals surface area contributed by atoms with Crippen LogP contribution in [0.2, 0.25) is 5.02 Å². The summed E-state index contributed by atoms with van der Waals surface area (Å²) in [6, 6.07) is 7.28. The number of nitrogens with zero attached hydrogens (tertiary/aromatic N) is 2. The zero-order valence-electron chi connectivity index (χ0n) is 8.90. The number of benzene rings is 1. The largest absolute Gasteiger partial charge is 0.495 e. The van der Waals surface area contributed by atoms with E-state index in [4.69, 9.17) is 21.6 Å². The van der Waals surface area contributed by atoms with E-state index in [2.05, 4.69) is 16.4 Å². The minimum Gasteiger partial charge on any atom is -0.495 e. The molecule has 4 nitrogen and oxygen atoms in total. The van der Waals surface area contributed by atoms with E-state index in [9.17, 15) is 0 Å². The lowest BCUT2D eigenvalue weighted by atomic mass is 10.3. The number of nitriles is 1. The van der Waals surface area contributed by atoms with Crippen molar-refractivity contribution in [1.82, 2.24) is 4.98 Å². The van der Waals surface area contributed by atoms with E-state index in [1.165, 1.54) is 11.3 Å². The summed E-state index contributed by atoms with van der Waals surface area (Å²) in [5, 5.41) is 12.5. The van der Waals surface area contributed by atoms with Gasteiger partial charge in [-0.05, 0) is 18.2 Å². The maximum Gasteiger partial charge on any atom is 0.159 e. The molecule has 0 atom stereocenters. The van der Waals surface area contributed by atoms with Crippen LogP contribution in [0.25, 0.3) is 0 Å². The van der Waals surface area contributed by atoms with Crippen LogP contribution in [0.15, 0.2) is 23.7 Å². The molecule has 17 heavy (non-hydrogen) atoms. The summed E-state index contributed by atoms with van der Waals surface area (Å²) in [7, 11) is 1.57. The number of nitrogens with one attached hydrogen (secondary N) is 1. The highest BCUT2D eigenvalue weighted by molar-refractivity contribution is 7.10. The van der Waals surface area contributed by atoms with Gasteiger partial charge in [-0.25, -0.2) is 4.98 Å². The van der Waals surface area contributed by atoms with Crippen molar-refractivity contribution in [3.05, 3.63) is 33.6 Å². The fraction of sp³-hybridized carbons (Fsp3) is 0.0909. The first kappa shape index (κ1) is 11.7. The Labute approximate surface area is 107 Å². The molecule has 0 aliphatic heterocycles. The van der Waals surface area contributed by atoms with Gasteiger partial charge in [0.1, 0.15) is 16.7 Å². The van der Waals surface area contributed by atoms with Crippen molar-refractivity contribution in [3.63, 3.8) is 0 Å². The lowest BCUT2D eigenvalue weighted by molar-refractivity contribution is 0.417. The molecule has 1 N–H and O–H groups in total. The molecule has 2 rings (SSSR count). The van der Waals surface area contributed by atoms with E-state index < -0.39 is 0 Å². The Morgan fingerprint density at radius 1 is 1.53 bits per heavy atom. The fourth-order valence-corrected chi connectivity index (χ4v) is 2.02. The van der Waals surface area contributed by atoms with E-state index >= 15 is 0 Å². The van der Waals surface area contributed by atoms with Crippen LogP contribution in [0.3, 0.4) is 0 Å². The number of methoxy groups -OCH3 is 1. The third kappa shape index (κ3) is 2.49. The smallest absolute Gasteiger partial charge is 0.159 e. The van der Waals surface area contributed by atoms with Crippen molar-refractivity contribution in [3.8, 4) is 11.8 Å². The van der Waals surface area contributed by atoms with E-state index in [1.54, 1.807) is 30.8 Å². The third-order valence-corrected chi connectivity index (χ3v) is 3.05. The first-order valence-electron chi connectivity index (χ1n) is 4.68. The summed E-state index contributed by atoms with van der Waals surface area (Å²) in [5.74, 6) is 1.16. The molecule has 0 radical (unpaired) electrons. The summed E-state index contributed by atoms with van der Waals surface area (Å²) in [6.45, 7) is 0. The number of rotatable bonds is 3. The highest BCUT2D eigenvalue weighted by atomic mass is 35.5. The third-order valence-electron chi connectivity index (χ3n) is 2.08. The monoisotopic (exact) mass is 265 g/mol. The molecule has 1 heterocycles. The Morgan fingerprint density at radius 3 is 3.06 bits per heavy atom. The van der Waals surface area contributed by atoms with Gasteiger partial charge >= 0.3 is 0 Å².